The second-order valence-electron chi connectivity index (χ2n) is 13.0. The van der Waals surface area contributed by atoms with Crippen molar-refractivity contribution in [2.75, 3.05) is 40.4 Å². The van der Waals surface area contributed by atoms with E-state index in [1.54, 1.807) is 0 Å². The summed E-state index contributed by atoms with van der Waals surface area (Å²) >= 11 is 7.64. The van der Waals surface area contributed by atoms with Crippen LogP contribution in [0.5, 0.6) is 0 Å². The van der Waals surface area contributed by atoms with Gasteiger partial charge in [-0.15, -0.1) is 0 Å². The van der Waals surface area contributed by atoms with Crippen molar-refractivity contribution in [1.29, 1.82) is 0 Å². The molecule has 0 atom stereocenters. The number of hydrogen-bond donors (Lipinski definition) is 2. The van der Waals surface area contributed by atoms with E-state index in [1.807, 2.05) is 0 Å². The monoisotopic (exact) mass is 768 g/mol. The van der Waals surface area contributed by atoms with Gasteiger partial charge < -0.3 is 29.8 Å². The molecule has 248 valence electrons. The number of unbranched alkanes of at least 4 members (excludes halogenated alkanes) is 4. The second kappa shape index (κ2) is 14.1. The number of benzene rings is 4. The first-order valence-electron chi connectivity index (χ1n) is 16.9. The minimum absolute atomic E-state index is 0.281. The predicted molar refractivity (Wildman–Crippen MR) is 207 cm³/mol. The highest BCUT2D eigenvalue weighted by Crippen LogP contribution is 2.20. The minimum atomic E-state index is 0.281. The molecule has 0 unspecified atom stereocenters. The average Bonchev–Trinajstić information content (AvgIpc) is 3.08. The second-order valence-corrected chi connectivity index (χ2v) is 14.5. The lowest BCUT2D eigenvalue weighted by molar-refractivity contribution is 0.281. The van der Waals surface area contributed by atoms with E-state index in [1.165, 1.54) is 63.3 Å². The molecule has 6 nitrogen and oxygen atoms in total. The Hall–Kier alpha value is -3.56. The summed E-state index contributed by atoms with van der Waals surface area (Å²) < 4.78 is 2.28. The van der Waals surface area contributed by atoms with Crippen LogP contribution < -0.4 is 41.7 Å². The van der Waals surface area contributed by atoms with E-state index in [0.717, 1.165) is 60.8 Å². The van der Waals surface area contributed by atoms with Crippen LogP contribution in [-0.4, -0.2) is 70.2 Å². The van der Waals surface area contributed by atoms with E-state index in [0.29, 0.717) is 0 Å². The lowest BCUT2D eigenvalue weighted by Gasteiger charge is -2.24. The van der Waals surface area contributed by atoms with Crippen LogP contribution in [0.25, 0.3) is 68.0 Å². The topological polar surface area (TPSA) is 53.4 Å². The SMILES string of the molecule is CN1C=c2ccc3c4c(ccc(c24)=C1)=C(Br)N(CCCCCO)C=3.CN1C=c2ccc3c4c(ccc(c24)=C1)=C(Br)N(CCCCCO)C=3. The summed E-state index contributed by atoms with van der Waals surface area (Å²) in [5.41, 5.74) is 0. The smallest absolute Gasteiger partial charge is 0.0925 e. The maximum Gasteiger partial charge on any atom is 0.0925 e. The van der Waals surface area contributed by atoms with Crippen LogP contribution in [0.3, 0.4) is 0 Å². The van der Waals surface area contributed by atoms with Crippen molar-refractivity contribution in [3.63, 3.8) is 0 Å². The van der Waals surface area contributed by atoms with Crippen LogP contribution in [0, 0.1) is 0 Å². The molecular weight excluding hydrogens is 728 g/mol. The average molecular weight is 771 g/mol. The van der Waals surface area contributed by atoms with Gasteiger partial charge in [-0.1, -0.05) is 48.5 Å². The van der Waals surface area contributed by atoms with Crippen molar-refractivity contribution in [2.24, 2.45) is 0 Å². The zero-order chi connectivity index (χ0) is 33.4. The summed E-state index contributed by atoms with van der Waals surface area (Å²) in [5, 5.41) is 33.4. The van der Waals surface area contributed by atoms with Gasteiger partial charge in [0, 0.05) is 110 Å². The summed E-state index contributed by atoms with van der Waals surface area (Å²) in [6, 6.07) is 17.7. The molecule has 2 N–H and O–H groups in total. The van der Waals surface area contributed by atoms with Crippen molar-refractivity contribution >= 4 is 99.8 Å². The molecule has 0 aromatic heterocycles. The van der Waals surface area contributed by atoms with Gasteiger partial charge in [0.1, 0.15) is 0 Å². The van der Waals surface area contributed by atoms with Gasteiger partial charge in [-0.2, -0.15) is 0 Å². The highest BCUT2D eigenvalue weighted by atomic mass is 79.9. The molecule has 8 rings (SSSR count). The Balaban J connectivity index is 0.000000152. The molecule has 0 saturated carbocycles. The van der Waals surface area contributed by atoms with Crippen LogP contribution in [0.1, 0.15) is 38.5 Å². The van der Waals surface area contributed by atoms with Crippen LogP contribution in [0.2, 0.25) is 0 Å². The quantitative estimate of drug-likeness (QED) is 0.190. The summed E-state index contributed by atoms with van der Waals surface area (Å²) in [4.78, 5) is 8.83. The predicted octanol–water partition coefficient (Wildman–Crippen LogP) is 1.88. The Morgan fingerprint density at radius 2 is 0.771 bits per heavy atom. The fraction of sp³-hybridized carbons (Fsp3) is 0.300. The first kappa shape index (κ1) is 33.0. The van der Waals surface area contributed by atoms with E-state index in [-0.39, 0.29) is 13.2 Å². The molecule has 0 aliphatic carbocycles. The summed E-state index contributed by atoms with van der Waals surface area (Å²) in [6.45, 7) is 2.49. The van der Waals surface area contributed by atoms with E-state index in [2.05, 4.69) is 151 Å². The molecule has 4 aliphatic heterocycles. The third-order valence-corrected chi connectivity index (χ3v) is 11.3. The molecule has 0 saturated heterocycles. The number of rotatable bonds is 10. The number of aliphatic hydroxyl groups excluding tert-OH is 2. The molecule has 0 radical (unpaired) electrons. The maximum absolute atomic E-state index is 8.94. The fourth-order valence-corrected chi connectivity index (χ4v) is 8.54. The van der Waals surface area contributed by atoms with Gasteiger partial charge in [0.2, 0.25) is 0 Å². The van der Waals surface area contributed by atoms with Crippen molar-refractivity contribution in [1.82, 2.24) is 19.6 Å². The molecular formula is C40H42Br2N4O2. The van der Waals surface area contributed by atoms with Crippen LogP contribution in [0.4, 0.5) is 0 Å². The number of aliphatic hydroxyl groups is 2. The van der Waals surface area contributed by atoms with Crippen molar-refractivity contribution < 1.29 is 10.2 Å². The zero-order valence-corrected chi connectivity index (χ0v) is 30.8. The molecule has 0 amide bonds. The standard InChI is InChI=1S/2C20H21BrN2O/c2*1-22-11-14-5-6-16-13-23(9-3-2-4-10-24)20(21)17-8-7-15(12-22)18(14)19(16)17/h2*5-8,11-13,24H,2-4,9-10H2,1H3. The summed E-state index contributed by atoms with van der Waals surface area (Å²) in [5.74, 6) is 0. The van der Waals surface area contributed by atoms with Gasteiger partial charge in [-0.25, -0.2) is 0 Å². The van der Waals surface area contributed by atoms with Gasteiger partial charge in [-0.3, -0.25) is 0 Å². The molecule has 0 bridgehead atoms. The Morgan fingerprint density at radius 3 is 1.12 bits per heavy atom. The van der Waals surface area contributed by atoms with Gasteiger partial charge in [0.05, 0.1) is 9.21 Å². The molecule has 0 spiro atoms. The lowest BCUT2D eigenvalue weighted by atomic mass is 9.99. The molecule has 4 aliphatic rings. The van der Waals surface area contributed by atoms with E-state index >= 15 is 0 Å². The van der Waals surface area contributed by atoms with Crippen LogP contribution in [0.15, 0.2) is 48.5 Å². The summed E-state index contributed by atoms with van der Waals surface area (Å²) in [6.07, 6.45) is 19.3. The molecule has 0 fully saturated rings. The van der Waals surface area contributed by atoms with Crippen molar-refractivity contribution in [3.8, 4) is 0 Å². The third-order valence-electron chi connectivity index (χ3n) is 9.54. The van der Waals surface area contributed by atoms with Crippen molar-refractivity contribution in [2.45, 2.75) is 38.5 Å². The van der Waals surface area contributed by atoms with Gasteiger partial charge in [0.15, 0.2) is 0 Å². The number of hydrogen-bond acceptors (Lipinski definition) is 6. The number of halogens is 2. The molecule has 4 heterocycles. The Bertz CT molecular complexity index is 2220. The largest absolute Gasteiger partial charge is 0.396 e. The Labute approximate surface area is 297 Å². The summed E-state index contributed by atoms with van der Waals surface area (Å²) in [7, 11) is 4.15. The Kier molecular flexibility index (Phi) is 9.70. The minimum Gasteiger partial charge on any atom is -0.396 e. The van der Waals surface area contributed by atoms with E-state index in [9.17, 15) is 0 Å². The zero-order valence-electron chi connectivity index (χ0n) is 27.6. The molecule has 4 aromatic rings. The highest BCUT2D eigenvalue weighted by Gasteiger charge is 2.16. The van der Waals surface area contributed by atoms with Gasteiger partial charge in [-0.05, 0) is 102 Å². The lowest BCUT2D eigenvalue weighted by Crippen LogP contribution is -2.36. The first-order chi connectivity index (χ1) is 23.4. The van der Waals surface area contributed by atoms with Crippen molar-refractivity contribution in [3.05, 3.63) is 90.3 Å². The maximum atomic E-state index is 8.94. The molecule has 48 heavy (non-hydrogen) atoms. The van der Waals surface area contributed by atoms with E-state index in [4.69, 9.17) is 10.2 Å². The first-order valence-corrected chi connectivity index (χ1v) is 18.5. The molecule has 8 heteroatoms. The third kappa shape index (κ3) is 6.20. The van der Waals surface area contributed by atoms with E-state index < -0.39 is 0 Å². The van der Waals surface area contributed by atoms with Gasteiger partial charge in [0.25, 0.3) is 0 Å². The van der Waals surface area contributed by atoms with Crippen LogP contribution in [-0.2, 0) is 0 Å². The Morgan fingerprint density at radius 1 is 0.438 bits per heavy atom. The number of nitrogens with zero attached hydrogens (tertiary/aromatic N) is 4. The fourth-order valence-electron chi connectivity index (χ4n) is 7.32. The normalized spacial score (nSPS) is 15.2. The van der Waals surface area contributed by atoms with Crippen LogP contribution >= 0.6 is 31.9 Å². The highest BCUT2D eigenvalue weighted by molar-refractivity contribution is 9.15. The van der Waals surface area contributed by atoms with Gasteiger partial charge >= 0.3 is 0 Å². The molecule has 4 aromatic carbocycles.